The van der Waals surface area contributed by atoms with Crippen molar-refractivity contribution >= 4 is 39.1 Å². The number of alkyl halides is 1. The van der Waals surface area contributed by atoms with Crippen LogP contribution in [0.15, 0.2) is 33.3 Å². The molecule has 0 aliphatic heterocycles. The third-order valence-corrected chi connectivity index (χ3v) is 3.33. The van der Waals surface area contributed by atoms with Crippen molar-refractivity contribution in [1.29, 1.82) is 0 Å². The first-order valence-electron chi connectivity index (χ1n) is 4.17. The number of hydrogen-bond acceptors (Lipinski definition) is 2. The molecule has 0 fully saturated rings. The van der Waals surface area contributed by atoms with Gasteiger partial charge in [0.05, 0.1) is 17.1 Å². The number of halogens is 3. The Hall–Kier alpha value is -0.510. The third-order valence-electron chi connectivity index (χ3n) is 1.87. The van der Waals surface area contributed by atoms with Crippen LogP contribution in [0.2, 0.25) is 5.02 Å². The fraction of sp³-hybridized carbons (Fsp3) is 0.100. The summed E-state index contributed by atoms with van der Waals surface area (Å²) in [6.07, 6.45) is 1.64. The van der Waals surface area contributed by atoms with E-state index in [4.69, 9.17) is 27.6 Å². The SMILES string of the molecule is ClCc1ncc(-c2ccc(Br)c(Cl)c2)o1. The molecule has 0 saturated heterocycles. The number of hydrogen-bond donors (Lipinski definition) is 0. The zero-order valence-corrected chi connectivity index (χ0v) is 10.6. The molecule has 2 nitrogen and oxygen atoms in total. The summed E-state index contributed by atoms with van der Waals surface area (Å²) < 4.78 is 6.25. The summed E-state index contributed by atoms with van der Waals surface area (Å²) in [5.41, 5.74) is 0.882. The molecule has 5 heteroatoms. The van der Waals surface area contributed by atoms with E-state index >= 15 is 0 Å². The lowest BCUT2D eigenvalue weighted by Gasteiger charge is -1.98. The summed E-state index contributed by atoms with van der Waals surface area (Å²) in [4.78, 5) is 4.01. The molecule has 0 radical (unpaired) electrons. The van der Waals surface area contributed by atoms with Crippen molar-refractivity contribution in [3.8, 4) is 11.3 Å². The first kappa shape index (κ1) is 11.0. The molecule has 0 amide bonds. The van der Waals surface area contributed by atoms with Crippen molar-refractivity contribution in [1.82, 2.24) is 4.98 Å². The lowest BCUT2D eigenvalue weighted by molar-refractivity contribution is 0.529. The first-order chi connectivity index (χ1) is 7.20. The van der Waals surface area contributed by atoms with E-state index in [1.54, 1.807) is 6.20 Å². The highest BCUT2D eigenvalue weighted by Crippen LogP contribution is 2.29. The molecule has 1 heterocycles. The maximum absolute atomic E-state index is 5.97. The fourth-order valence-corrected chi connectivity index (χ4v) is 1.71. The minimum Gasteiger partial charge on any atom is -0.439 e. The highest BCUT2D eigenvalue weighted by atomic mass is 79.9. The van der Waals surface area contributed by atoms with Gasteiger partial charge < -0.3 is 4.42 Å². The predicted molar refractivity (Wildman–Crippen MR) is 64.2 cm³/mol. The van der Waals surface area contributed by atoms with Gasteiger partial charge in [-0.15, -0.1) is 11.6 Å². The van der Waals surface area contributed by atoms with E-state index in [1.165, 1.54) is 0 Å². The van der Waals surface area contributed by atoms with Crippen molar-refractivity contribution in [3.05, 3.63) is 39.8 Å². The maximum Gasteiger partial charge on any atom is 0.209 e. The maximum atomic E-state index is 5.97. The Morgan fingerprint density at radius 2 is 2.20 bits per heavy atom. The second kappa shape index (κ2) is 4.56. The Morgan fingerprint density at radius 1 is 1.40 bits per heavy atom. The molecule has 0 bridgehead atoms. The van der Waals surface area contributed by atoms with Crippen molar-refractivity contribution < 1.29 is 4.42 Å². The van der Waals surface area contributed by atoms with Crippen LogP contribution >= 0.6 is 39.1 Å². The summed E-state index contributed by atoms with van der Waals surface area (Å²) >= 11 is 14.9. The smallest absolute Gasteiger partial charge is 0.209 e. The highest BCUT2D eigenvalue weighted by Gasteiger charge is 2.07. The van der Waals surface area contributed by atoms with E-state index < -0.39 is 0 Å². The molecule has 0 aliphatic rings. The summed E-state index contributed by atoms with van der Waals surface area (Å²) in [7, 11) is 0. The molecule has 15 heavy (non-hydrogen) atoms. The molecule has 78 valence electrons. The molecule has 0 spiro atoms. The number of nitrogens with zero attached hydrogens (tertiary/aromatic N) is 1. The van der Waals surface area contributed by atoms with E-state index in [0.29, 0.717) is 16.7 Å². The largest absolute Gasteiger partial charge is 0.439 e. The van der Waals surface area contributed by atoms with Crippen LogP contribution in [0.25, 0.3) is 11.3 Å². The lowest BCUT2D eigenvalue weighted by atomic mass is 10.2. The van der Waals surface area contributed by atoms with Gasteiger partial charge in [-0.05, 0) is 34.1 Å². The molecule has 1 aromatic heterocycles. The van der Waals surface area contributed by atoms with Gasteiger partial charge in [-0.2, -0.15) is 0 Å². The van der Waals surface area contributed by atoms with Crippen LogP contribution in [0.4, 0.5) is 0 Å². The molecule has 0 saturated carbocycles. The molecule has 0 aliphatic carbocycles. The molecule has 0 unspecified atom stereocenters. The summed E-state index contributed by atoms with van der Waals surface area (Å²) in [5.74, 6) is 1.44. The zero-order valence-electron chi connectivity index (χ0n) is 7.51. The lowest BCUT2D eigenvalue weighted by Crippen LogP contribution is -1.75. The van der Waals surface area contributed by atoms with Gasteiger partial charge in [0, 0.05) is 10.0 Å². The molecule has 0 atom stereocenters. The van der Waals surface area contributed by atoms with Crippen LogP contribution in [0.5, 0.6) is 0 Å². The van der Waals surface area contributed by atoms with Gasteiger partial charge in [0.2, 0.25) is 5.89 Å². The Kier molecular flexibility index (Phi) is 3.34. The van der Waals surface area contributed by atoms with Gasteiger partial charge in [0.1, 0.15) is 0 Å². The second-order valence-electron chi connectivity index (χ2n) is 2.88. The Morgan fingerprint density at radius 3 is 2.80 bits per heavy atom. The van der Waals surface area contributed by atoms with Gasteiger partial charge >= 0.3 is 0 Å². The topological polar surface area (TPSA) is 26.0 Å². The number of aromatic nitrogens is 1. The molecule has 0 N–H and O–H groups in total. The van der Waals surface area contributed by atoms with Crippen molar-refractivity contribution in [2.24, 2.45) is 0 Å². The second-order valence-corrected chi connectivity index (χ2v) is 4.41. The van der Waals surface area contributed by atoms with E-state index in [1.807, 2.05) is 18.2 Å². The Bertz CT molecular complexity index is 484. The highest BCUT2D eigenvalue weighted by molar-refractivity contribution is 9.10. The van der Waals surface area contributed by atoms with Crippen LogP contribution in [0.1, 0.15) is 5.89 Å². The minimum absolute atomic E-state index is 0.268. The minimum atomic E-state index is 0.268. The predicted octanol–water partition coefficient (Wildman–Crippen LogP) is 4.50. The average Bonchev–Trinajstić information content (AvgIpc) is 2.70. The Balaban J connectivity index is 2.40. The summed E-state index contributed by atoms with van der Waals surface area (Å²) in [6, 6.07) is 5.57. The van der Waals surface area contributed by atoms with Crippen molar-refractivity contribution in [2.75, 3.05) is 0 Å². The summed E-state index contributed by atoms with van der Waals surface area (Å²) in [6.45, 7) is 0. The normalized spacial score (nSPS) is 10.6. The van der Waals surface area contributed by atoms with E-state index in [9.17, 15) is 0 Å². The third kappa shape index (κ3) is 2.36. The first-order valence-corrected chi connectivity index (χ1v) is 5.87. The van der Waals surface area contributed by atoms with E-state index in [2.05, 4.69) is 20.9 Å². The van der Waals surface area contributed by atoms with Gasteiger partial charge in [0.15, 0.2) is 5.76 Å². The van der Waals surface area contributed by atoms with Crippen molar-refractivity contribution in [3.63, 3.8) is 0 Å². The van der Waals surface area contributed by atoms with Gasteiger partial charge in [-0.1, -0.05) is 11.6 Å². The van der Waals surface area contributed by atoms with Crippen LogP contribution in [-0.4, -0.2) is 4.98 Å². The van der Waals surface area contributed by atoms with Crippen molar-refractivity contribution in [2.45, 2.75) is 5.88 Å². The van der Waals surface area contributed by atoms with Crippen LogP contribution in [0.3, 0.4) is 0 Å². The van der Waals surface area contributed by atoms with Crippen LogP contribution < -0.4 is 0 Å². The van der Waals surface area contributed by atoms with Gasteiger partial charge in [-0.3, -0.25) is 0 Å². The number of benzene rings is 1. The molecule has 2 aromatic rings. The van der Waals surface area contributed by atoms with Crippen LogP contribution in [0, 0.1) is 0 Å². The van der Waals surface area contributed by atoms with Gasteiger partial charge in [0.25, 0.3) is 0 Å². The molecular formula is C10H6BrCl2NO. The standard InChI is InChI=1S/C10H6BrCl2NO/c11-7-2-1-6(3-8(7)13)9-5-14-10(4-12)15-9/h1-3,5H,4H2. The van der Waals surface area contributed by atoms with E-state index in [-0.39, 0.29) is 5.88 Å². The average molecular weight is 307 g/mol. The zero-order chi connectivity index (χ0) is 10.8. The van der Waals surface area contributed by atoms with Crippen LogP contribution in [-0.2, 0) is 5.88 Å². The quantitative estimate of drug-likeness (QED) is 0.764. The molecular weight excluding hydrogens is 301 g/mol. The van der Waals surface area contributed by atoms with E-state index in [0.717, 1.165) is 10.0 Å². The fourth-order valence-electron chi connectivity index (χ4n) is 1.15. The number of rotatable bonds is 2. The Labute approximate surface area is 105 Å². The monoisotopic (exact) mass is 305 g/mol. The summed E-state index contributed by atoms with van der Waals surface area (Å²) in [5, 5.41) is 0.635. The molecule has 2 rings (SSSR count). The molecule has 1 aromatic carbocycles. The van der Waals surface area contributed by atoms with Gasteiger partial charge in [-0.25, -0.2) is 4.98 Å². The number of oxazole rings is 1.